The molecular weight excluding hydrogens is 432 g/mol. The maximum absolute atomic E-state index is 12.8. The van der Waals surface area contributed by atoms with Crippen LogP contribution in [0.4, 0.5) is 5.69 Å². The molecule has 158 valence electrons. The van der Waals surface area contributed by atoms with Crippen LogP contribution >= 0.6 is 11.6 Å². The Morgan fingerprint density at radius 1 is 1.20 bits per heavy atom. The lowest BCUT2D eigenvalue weighted by Crippen LogP contribution is -2.16. The largest absolute Gasteiger partial charge is 0.496 e. The molecule has 0 aliphatic rings. The number of anilines is 1. The summed E-state index contributed by atoms with van der Waals surface area (Å²) in [4.78, 5) is 12.4. The predicted octanol–water partition coefficient (Wildman–Crippen LogP) is 3.56. The van der Waals surface area contributed by atoms with E-state index in [2.05, 4.69) is 5.32 Å². The number of carbonyl (C=O) groups excluding carboxylic acids is 1. The van der Waals surface area contributed by atoms with Crippen molar-refractivity contribution in [3.05, 3.63) is 76.7 Å². The van der Waals surface area contributed by atoms with Crippen LogP contribution in [0.5, 0.6) is 5.75 Å². The summed E-state index contributed by atoms with van der Waals surface area (Å²) in [6, 6.07) is 12.9. The van der Waals surface area contributed by atoms with Crippen LogP contribution in [0.2, 0.25) is 5.02 Å². The van der Waals surface area contributed by atoms with E-state index in [0.29, 0.717) is 17.1 Å². The number of nitrogens with one attached hydrogen (secondary N) is 1. The quantitative estimate of drug-likeness (QED) is 0.503. The van der Waals surface area contributed by atoms with Crippen LogP contribution in [0, 0.1) is 0 Å². The number of benzene rings is 2. The van der Waals surface area contributed by atoms with Gasteiger partial charge >= 0.3 is 5.97 Å². The highest BCUT2D eigenvalue weighted by atomic mass is 35.5. The highest BCUT2D eigenvalue weighted by Gasteiger charge is 2.22. The molecule has 3 aromatic rings. The van der Waals surface area contributed by atoms with Crippen molar-refractivity contribution in [2.24, 2.45) is 5.14 Å². The number of carbonyl (C=O) groups is 1. The fourth-order valence-electron chi connectivity index (χ4n) is 2.73. The van der Waals surface area contributed by atoms with E-state index < -0.39 is 16.0 Å². The van der Waals surface area contributed by atoms with Crippen molar-refractivity contribution < 1.29 is 27.1 Å². The maximum atomic E-state index is 12.8. The normalized spacial score (nSPS) is 11.2. The number of rotatable bonds is 8. The molecule has 0 saturated carbocycles. The number of hydrogen-bond acceptors (Lipinski definition) is 7. The summed E-state index contributed by atoms with van der Waals surface area (Å²) in [5.74, 6) is 0.405. The van der Waals surface area contributed by atoms with Gasteiger partial charge in [0.1, 0.15) is 23.0 Å². The van der Waals surface area contributed by atoms with Gasteiger partial charge in [-0.15, -0.1) is 0 Å². The van der Waals surface area contributed by atoms with E-state index in [1.807, 2.05) is 0 Å². The van der Waals surface area contributed by atoms with E-state index in [1.165, 1.54) is 19.4 Å². The zero-order valence-electron chi connectivity index (χ0n) is 15.9. The number of primary sulfonamides is 1. The van der Waals surface area contributed by atoms with E-state index >= 15 is 0 Å². The molecule has 0 bridgehead atoms. The second-order valence-corrected chi connectivity index (χ2v) is 8.13. The molecule has 0 amide bonds. The van der Waals surface area contributed by atoms with Gasteiger partial charge in [-0.3, -0.25) is 0 Å². The molecule has 0 spiro atoms. The number of furan rings is 1. The first-order chi connectivity index (χ1) is 14.3. The second kappa shape index (κ2) is 9.21. The Morgan fingerprint density at radius 3 is 2.63 bits per heavy atom. The molecule has 2 aromatic carbocycles. The first kappa shape index (κ1) is 21.7. The SMILES string of the molecule is COc1ccccc1COC(=O)c1cc(S(N)(=O)=O)c(Cl)cc1NCc1ccco1. The van der Waals surface area contributed by atoms with Crippen molar-refractivity contribution in [1.82, 2.24) is 0 Å². The molecule has 30 heavy (non-hydrogen) atoms. The van der Waals surface area contributed by atoms with Crippen LogP contribution in [0.25, 0.3) is 0 Å². The molecule has 1 aromatic heterocycles. The molecule has 0 fully saturated rings. The first-order valence-electron chi connectivity index (χ1n) is 8.71. The Labute approximate surface area is 178 Å². The average molecular weight is 451 g/mol. The summed E-state index contributed by atoms with van der Waals surface area (Å²) < 4.78 is 39.5. The Hall–Kier alpha value is -3.01. The third kappa shape index (κ3) is 5.12. The Morgan fingerprint density at radius 2 is 1.97 bits per heavy atom. The van der Waals surface area contributed by atoms with E-state index in [0.717, 1.165) is 6.07 Å². The zero-order valence-corrected chi connectivity index (χ0v) is 17.5. The molecule has 3 rings (SSSR count). The van der Waals surface area contributed by atoms with Crippen LogP contribution in [0.3, 0.4) is 0 Å². The molecule has 8 nitrogen and oxygen atoms in total. The topological polar surface area (TPSA) is 121 Å². The molecule has 0 atom stereocenters. The van der Waals surface area contributed by atoms with E-state index in [1.54, 1.807) is 36.4 Å². The van der Waals surface area contributed by atoms with Crippen molar-refractivity contribution in [2.75, 3.05) is 12.4 Å². The molecule has 0 saturated heterocycles. The van der Waals surface area contributed by atoms with Crippen molar-refractivity contribution in [1.29, 1.82) is 0 Å². The fourth-order valence-corrected chi connectivity index (χ4v) is 3.82. The molecule has 10 heteroatoms. The van der Waals surface area contributed by atoms with Crippen LogP contribution in [-0.2, 0) is 27.9 Å². The lowest BCUT2D eigenvalue weighted by molar-refractivity contribution is 0.0471. The predicted molar refractivity (Wildman–Crippen MR) is 111 cm³/mol. The summed E-state index contributed by atoms with van der Waals surface area (Å²) >= 11 is 6.07. The van der Waals surface area contributed by atoms with Gasteiger partial charge in [0.25, 0.3) is 0 Å². The number of nitrogens with two attached hydrogens (primary N) is 1. The Balaban J connectivity index is 1.89. The lowest BCUT2D eigenvalue weighted by Gasteiger charge is -2.14. The van der Waals surface area contributed by atoms with E-state index in [-0.39, 0.29) is 34.3 Å². The highest BCUT2D eigenvalue weighted by Crippen LogP contribution is 2.30. The van der Waals surface area contributed by atoms with Gasteiger partial charge in [0.15, 0.2) is 0 Å². The standard InChI is InChI=1S/C20H19ClN2O6S/c1-27-18-7-3-2-5-13(18)12-29-20(24)15-9-19(30(22,25)26)16(21)10-17(15)23-11-14-6-4-8-28-14/h2-10,23H,11-12H2,1H3,(H2,22,25,26). The smallest absolute Gasteiger partial charge is 0.340 e. The minimum absolute atomic E-state index is 0.0371. The zero-order chi connectivity index (χ0) is 21.7. The second-order valence-electron chi connectivity index (χ2n) is 6.19. The summed E-state index contributed by atoms with van der Waals surface area (Å²) in [5.41, 5.74) is 0.887. The van der Waals surface area contributed by atoms with Gasteiger partial charge in [0.2, 0.25) is 10.0 Å². The summed E-state index contributed by atoms with van der Waals surface area (Å²) in [6.07, 6.45) is 1.51. The minimum atomic E-state index is -4.15. The maximum Gasteiger partial charge on any atom is 0.340 e. The number of methoxy groups -OCH3 is 1. The third-order valence-corrected chi connectivity index (χ3v) is 5.56. The Kier molecular flexibility index (Phi) is 6.66. The van der Waals surface area contributed by atoms with Crippen molar-refractivity contribution in [3.63, 3.8) is 0 Å². The van der Waals surface area contributed by atoms with Crippen LogP contribution in [0.1, 0.15) is 21.7 Å². The minimum Gasteiger partial charge on any atom is -0.496 e. The number of para-hydroxylation sites is 1. The average Bonchev–Trinajstić information content (AvgIpc) is 3.23. The summed E-state index contributed by atoms with van der Waals surface area (Å²) in [6.45, 7) is 0.165. The summed E-state index contributed by atoms with van der Waals surface area (Å²) in [7, 11) is -2.64. The van der Waals surface area contributed by atoms with Crippen LogP contribution in [-0.4, -0.2) is 21.5 Å². The molecule has 3 N–H and O–H groups in total. The van der Waals surface area contributed by atoms with Crippen LogP contribution < -0.4 is 15.2 Å². The molecule has 1 heterocycles. The first-order valence-corrected chi connectivity index (χ1v) is 10.6. The summed E-state index contributed by atoms with van der Waals surface area (Å²) in [5, 5.41) is 8.09. The monoisotopic (exact) mass is 450 g/mol. The molecule has 0 unspecified atom stereocenters. The number of ether oxygens (including phenoxy) is 2. The molecule has 0 aliphatic heterocycles. The van der Waals surface area contributed by atoms with E-state index in [9.17, 15) is 13.2 Å². The lowest BCUT2D eigenvalue weighted by atomic mass is 10.1. The number of esters is 1. The van der Waals surface area contributed by atoms with Gasteiger partial charge in [-0.05, 0) is 30.3 Å². The van der Waals surface area contributed by atoms with Crippen molar-refractivity contribution >= 4 is 33.3 Å². The van der Waals surface area contributed by atoms with E-state index in [4.69, 9.17) is 30.6 Å². The van der Waals surface area contributed by atoms with Gasteiger partial charge < -0.3 is 19.2 Å². The number of halogens is 1. The number of hydrogen-bond donors (Lipinski definition) is 2. The Bertz CT molecular complexity index is 1150. The molecule has 0 radical (unpaired) electrons. The molecular formula is C20H19ClN2O6S. The van der Waals surface area contributed by atoms with Gasteiger partial charge in [-0.1, -0.05) is 29.8 Å². The van der Waals surface area contributed by atoms with Crippen molar-refractivity contribution in [3.8, 4) is 5.75 Å². The van der Waals surface area contributed by atoms with Gasteiger partial charge in [-0.2, -0.15) is 0 Å². The molecule has 0 aliphatic carbocycles. The fraction of sp³-hybridized carbons (Fsp3) is 0.150. The van der Waals surface area contributed by atoms with Crippen LogP contribution in [0.15, 0.2) is 64.1 Å². The van der Waals surface area contributed by atoms with Crippen molar-refractivity contribution in [2.45, 2.75) is 18.0 Å². The number of sulfonamides is 1. The van der Waals surface area contributed by atoms with Gasteiger partial charge in [0, 0.05) is 5.56 Å². The third-order valence-electron chi connectivity index (χ3n) is 4.18. The highest BCUT2D eigenvalue weighted by molar-refractivity contribution is 7.89. The van der Waals surface area contributed by atoms with Gasteiger partial charge in [-0.25, -0.2) is 18.4 Å². The van der Waals surface area contributed by atoms with Gasteiger partial charge in [0.05, 0.1) is 36.2 Å².